The van der Waals surface area contributed by atoms with E-state index >= 15 is 0 Å². The quantitative estimate of drug-likeness (QED) is 0.233. The van der Waals surface area contributed by atoms with Crippen molar-refractivity contribution in [2.45, 2.75) is 125 Å². The van der Waals surface area contributed by atoms with Crippen LogP contribution in [-0.4, -0.2) is 67.6 Å². The zero-order chi connectivity index (χ0) is 26.2. The molecule has 11 heteroatoms. The highest BCUT2D eigenvalue weighted by Crippen LogP contribution is 2.77. The molecule has 206 valence electrons. The van der Waals surface area contributed by atoms with E-state index in [0.717, 1.165) is 64.2 Å². The van der Waals surface area contributed by atoms with Crippen LogP contribution in [0.15, 0.2) is 0 Å². The molecule has 0 radical (unpaired) electrons. The van der Waals surface area contributed by atoms with Crippen molar-refractivity contribution in [3.8, 4) is 0 Å². The molecule has 1 unspecified atom stereocenters. The Bertz CT molecular complexity index is 1140. The molecule has 8 nitrogen and oxygen atoms in total. The fourth-order valence-corrected chi connectivity index (χ4v) is 17.1. The van der Waals surface area contributed by atoms with Crippen molar-refractivity contribution in [1.29, 1.82) is 0 Å². The van der Waals surface area contributed by atoms with E-state index in [9.17, 15) is 13.7 Å². The maximum atomic E-state index is 14.6. The van der Waals surface area contributed by atoms with Crippen LogP contribution in [-0.2, 0) is 13.7 Å². The van der Waals surface area contributed by atoms with Crippen molar-refractivity contribution in [1.82, 2.24) is 15.0 Å². The summed E-state index contributed by atoms with van der Waals surface area (Å²) >= 11 is 0. The molecule has 6 rings (SSSR count). The summed E-state index contributed by atoms with van der Waals surface area (Å²) in [4.78, 5) is 18.6. The number of aryl methyl sites for hydroxylation is 1. The van der Waals surface area contributed by atoms with Crippen molar-refractivity contribution in [3.63, 3.8) is 0 Å². The first-order valence-corrected chi connectivity index (χ1v) is 20.1. The van der Waals surface area contributed by atoms with Crippen molar-refractivity contribution in [2.24, 2.45) is 0 Å². The van der Waals surface area contributed by atoms with Crippen molar-refractivity contribution in [2.75, 3.05) is 28.9 Å². The fourth-order valence-electron chi connectivity index (χ4n) is 6.51. The van der Waals surface area contributed by atoms with Crippen LogP contribution in [0.25, 0.3) is 0 Å². The molecular formula is C26H44N5O3P3. The Balaban J connectivity index is 1.35. The zero-order valence-electron chi connectivity index (χ0n) is 22.9. The van der Waals surface area contributed by atoms with Crippen LogP contribution in [0.1, 0.15) is 90.8 Å². The molecule has 1 aromatic rings. The molecule has 0 saturated heterocycles. The first kappa shape index (κ1) is 26.5. The lowest BCUT2D eigenvalue weighted by molar-refractivity contribution is 0.516. The third-order valence-electron chi connectivity index (χ3n) is 9.36. The monoisotopic (exact) mass is 567 g/mol. The Kier molecular flexibility index (Phi) is 6.77. The topological polar surface area (TPSA) is 96.4 Å². The van der Waals surface area contributed by atoms with Gasteiger partial charge in [-0.2, -0.15) is 15.0 Å². The van der Waals surface area contributed by atoms with Crippen LogP contribution in [0.4, 0.5) is 11.9 Å². The summed E-state index contributed by atoms with van der Waals surface area (Å²) in [5.74, 6) is 1.66. The van der Waals surface area contributed by atoms with Crippen LogP contribution < -0.4 is 9.80 Å². The van der Waals surface area contributed by atoms with Gasteiger partial charge >= 0.3 is 0 Å². The first-order valence-electron chi connectivity index (χ1n) is 14.5. The van der Waals surface area contributed by atoms with Crippen LogP contribution >= 0.6 is 22.1 Å². The number of rotatable bonds is 14. The standard InChI is InChI=1S/C26H44N5O3P3/c1-5-31(26(3,4)37(34,22-12-13-22)23-14-15-23)25-28-18(2)27-24(29-25)30(16-35(32)19-6-7-19)17-36(33,20-8-9-20)21-10-11-21/h19-23,35H,5-17H2,1-4H3. The molecule has 0 N–H and O–H groups in total. The van der Waals surface area contributed by atoms with Crippen LogP contribution in [0.2, 0.25) is 0 Å². The number of hydrogen-bond acceptors (Lipinski definition) is 8. The summed E-state index contributed by atoms with van der Waals surface area (Å²) in [5.41, 5.74) is 1.61. The molecule has 0 aliphatic heterocycles. The van der Waals surface area contributed by atoms with Gasteiger partial charge in [-0.1, -0.05) is 0 Å². The van der Waals surface area contributed by atoms with Gasteiger partial charge < -0.3 is 23.5 Å². The van der Waals surface area contributed by atoms with E-state index in [0.29, 0.717) is 65.1 Å². The van der Waals surface area contributed by atoms with Gasteiger partial charge in [0.05, 0.1) is 25.7 Å². The van der Waals surface area contributed by atoms with Crippen molar-refractivity contribution < 1.29 is 13.7 Å². The van der Waals surface area contributed by atoms with E-state index in [-0.39, 0.29) is 0 Å². The van der Waals surface area contributed by atoms with Crippen LogP contribution in [0.5, 0.6) is 0 Å². The molecule has 1 aromatic heterocycles. The largest absolute Gasteiger partial charge is 0.329 e. The van der Waals surface area contributed by atoms with E-state index in [2.05, 4.69) is 25.7 Å². The van der Waals surface area contributed by atoms with Crippen LogP contribution in [0.3, 0.4) is 0 Å². The summed E-state index contributed by atoms with van der Waals surface area (Å²) in [6.45, 7) is 8.87. The maximum absolute atomic E-state index is 14.6. The van der Waals surface area contributed by atoms with E-state index in [1.165, 1.54) is 0 Å². The average molecular weight is 568 g/mol. The molecule has 0 spiro atoms. The summed E-state index contributed by atoms with van der Waals surface area (Å²) in [5, 5.41) is -0.543. The molecule has 0 amide bonds. The Morgan fingerprint density at radius 3 is 1.81 bits per heavy atom. The molecule has 37 heavy (non-hydrogen) atoms. The van der Waals surface area contributed by atoms with Gasteiger partial charge in [0, 0.05) is 34.8 Å². The molecule has 5 saturated carbocycles. The highest BCUT2D eigenvalue weighted by atomic mass is 31.2. The third kappa shape index (κ3) is 5.02. The van der Waals surface area contributed by atoms with Gasteiger partial charge in [-0.05, 0) is 91.9 Å². The molecular weight excluding hydrogens is 523 g/mol. The first-order chi connectivity index (χ1) is 17.6. The summed E-state index contributed by atoms with van der Waals surface area (Å²) < 4.78 is 42.1. The summed E-state index contributed by atoms with van der Waals surface area (Å²) in [6.07, 6.45) is 11.4. The number of hydrogen-bond donors (Lipinski definition) is 0. The Hall–Kier alpha value is -0.700. The third-order valence-corrected chi connectivity index (χ3v) is 21.0. The maximum Gasteiger partial charge on any atom is 0.231 e. The summed E-state index contributed by atoms with van der Waals surface area (Å²) in [6, 6.07) is 0. The Labute approximate surface area is 222 Å². The lowest BCUT2D eigenvalue weighted by atomic mass is 10.3. The molecule has 5 fully saturated rings. The smallest absolute Gasteiger partial charge is 0.231 e. The average Bonchev–Trinajstić information content (AvgIpc) is 3.69. The second-order valence-corrected chi connectivity index (χ2v) is 22.3. The van der Waals surface area contributed by atoms with Gasteiger partial charge in [0.1, 0.15) is 20.1 Å². The lowest BCUT2D eigenvalue weighted by Crippen LogP contribution is -2.47. The number of aromatic nitrogens is 3. The molecule has 0 aromatic carbocycles. The van der Waals surface area contributed by atoms with Gasteiger partial charge in [-0.15, -0.1) is 0 Å². The normalized spacial score (nSPS) is 23.7. The minimum absolute atomic E-state index is 0.310. The minimum Gasteiger partial charge on any atom is -0.329 e. The highest BCUT2D eigenvalue weighted by Gasteiger charge is 2.60. The van der Waals surface area contributed by atoms with E-state index in [1.807, 2.05) is 11.8 Å². The summed E-state index contributed by atoms with van der Waals surface area (Å²) in [7, 11) is -6.73. The number of anilines is 2. The fraction of sp³-hybridized carbons (Fsp3) is 0.885. The van der Waals surface area contributed by atoms with Gasteiger partial charge in [0.15, 0.2) is 0 Å². The van der Waals surface area contributed by atoms with Crippen LogP contribution in [0, 0.1) is 6.92 Å². The van der Waals surface area contributed by atoms with E-state index < -0.39 is 27.4 Å². The van der Waals surface area contributed by atoms with Gasteiger partial charge in [0.2, 0.25) is 11.9 Å². The van der Waals surface area contributed by atoms with E-state index in [1.54, 1.807) is 0 Å². The lowest BCUT2D eigenvalue weighted by Gasteiger charge is -2.44. The van der Waals surface area contributed by atoms with Crippen molar-refractivity contribution in [3.05, 3.63) is 5.82 Å². The van der Waals surface area contributed by atoms with Gasteiger partial charge in [-0.3, -0.25) is 0 Å². The second-order valence-electron chi connectivity index (χ2n) is 12.8. The van der Waals surface area contributed by atoms with Gasteiger partial charge in [0.25, 0.3) is 0 Å². The molecule has 1 atom stereocenters. The Morgan fingerprint density at radius 2 is 1.35 bits per heavy atom. The highest BCUT2D eigenvalue weighted by molar-refractivity contribution is 7.67. The van der Waals surface area contributed by atoms with Gasteiger partial charge in [-0.25, -0.2) is 0 Å². The molecule has 0 bridgehead atoms. The molecule has 5 aliphatic rings. The molecule has 5 aliphatic carbocycles. The zero-order valence-corrected chi connectivity index (χ0v) is 25.7. The molecule has 1 heterocycles. The van der Waals surface area contributed by atoms with E-state index in [4.69, 9.17) is 15.0 Å². The SMILES string of the molecule is CCN(c1nc(C)nc(N(C[PH](=O)C2CC2)CP(=O)(C2CC2)C2CC2)n1)C(C)(C)P(=O)(C1CC1)C1CC1. The Morgan fingerprint density at radius 1 is 0.838 bits per heavy atom. The predicted molar refractivity (Wildman–Crippen MR) is 153 cm³/mol. The minimum atomic E-state index is -2.48. The predicted octanol–water partition coefficient (Wildman–Crippen LogP) is 6.56. The number of nitrogens with zero attached hydrogens (tertiary/aromatic N) is 5. The second kappa shape index (κ2) is 9.45. The van der Waals surface area contributed by atoms with Crippen molar-refractivity contribution >= 4 is 34.0 Å².